The largest absolute Gasteiger partial charge is 0.368 e. The molecule has 2 fully saturated rings. The minimum Gasteiger partial charge on any atom is -0.368 e. The van der Waals surface area contributed by atoms with Crippen molar-refractivity contribution in [1.29, 1.82) is 0 Å². The van der Waals surface area contributed by atoms with E-state index in [4.69, 9.17) is 5.73 Å². The molecule has 0 aromatic rings. The summed E-state index contributed by atoms with van der Waals surface area (Å²) in [6.45, 7) is 4.69. The van der Waals surface area contributed by atoms with Gasteiger partial charge in [-0.05, 0) is 39.7 Å². The average Bonchev–Trinajstić information content (AvgIpc) is 2.30. The fourth-order valence-corrected chi connectivity index (χ4v) is 3.11. The number of rotatable bonds is 2. The maximum Gasteiger partial charge on any atom is 0.238 e. The molecule has 0 bridgehead atoms. The lowest BCUT2D eigenvalue weighted by Crippen LogP contribution is -2.64. The predicted octanol–water partition coefficient (Wildman–Crippen LogP) is 0.760. The molecule has 2 N–H and O–H groups in total. The fraction of sp³-hybridized carbons (Fsp3) is 0.923. The van der Waals surface area contributed by atoms with Gasteiger partial charge in [0.15, 0.2) is 0 Å². The van der Waals surface area contributed by atoms with Gasteiger partial charge in [-0.1, -0.05) is 0 Å². The average molecular weight is 257 g/mol. The number of carbonyl (C=O) groups is 1. The van der Waals surface area contributed by atoms with Crippen molar-refractivity contribution in [3.63, 3.8) is 0 Å². The zero-order chi connectivity index (χ0) is 13.4. The highest BCUT2D eigenvalue weighted by Gasteiger charge is 2.46. The van der Waals surface area contributed by atoms with Crippen molar-refractivity contribution in [3.8, 4) is 0 Å². The monoisotopic (exact) mass is 257 g/mol. The van der Waals surface area contributed by atoms with Gasteiger partial charge >= 0.3 is 0 Å². The van der Waals surface area contributed by atoms with Crippen LogP contribution in [0.1, 0.15) is 32.6 Å². The number of hydrogen-bond acceptors (Lipinski definition) is 3. The summed E-state index contributed by atoms with van der Waals surface area (Å²) >= 11 is 0. The van der Waals surface area contributed by atoms with E-state index >= 15 is 0 Å². The van der Waals surface area contributed by atoms with Crippen molar-refractivity contribution in [2.45, 2.75) is 43.8 Å². The molecule has 4 nitrogen and oxygen atoms in total. The van der Waals surface area contributed by atoms with Gasteiger partial charge in [0.25, 0.3) is 0 Å². The lowest BCUT2D eigenvalue weighted by Gasteiger charge is -2.49. The SMILES string of the molecule is CN1CCC(C(N)=O)(N2CCC(C)(F)CC2)CC1. The van der Waals surface area contributed by atoms with Gasteiger partial charge in [0.2, 0.25) is 5.91 Å². The number of alkyl halides is 1. The molecule has 2 aliphatic rings. The minimum atomic E-state index is -1.08. The minimum absolute atomic E-state index is 0.238. The highest BCUT2D eigenvalue weighted by atomic mass is 19.1. The summed E-state index contributed by atoms with van der Waals surface area (Å²) in [6, 6.07) is 0. The van der Waals surface area contributed by atoms with Gasteiger partial charge in [0, 0.05) is 26.2 Å². The second kappa shape index (κ2) is 4.78. The van der Waals surface area contributed by atoms with E-state index < -0.39 is 11.2 Å². The first-order valence-corrected chi connectivity index (χ1v) is 6.78. The van der Waals surface area contributed by atoms with E-state index in [9.17, 15) is 9.18 Å². The Morgan fingerprint density at radius 3 is 2.06 bits per heavy atom. The molecule has 0 atom stereocenters. The Kier molecular flexibility index (Phi) is 3.65. The molecule has 0 aromatic heterocycles. The summed E-state index contributed by atoms with van der Waals surface area (Å²) in [7, 11) is 2.06. The van der Waals surface area contributed by atoms with Crippen molar-refractivity contribution < 1.29 is 9.18 Å². The van der Waals surface area contributed by atoms with E-state index in [-0.39, 0.29) is 5.91 Å². The van der Waals surface area contributed by atoms with Crippen LogP contribution in [0.2, 0.25) is 0 Å². The molecule has 0 unspecified atom stereocenters. The molecular weight excluding hydrogens is 233 g/mol. The van der Waals surface area contributed by atoms with Crippen LogP contribution in [0.4, 0.5) is 4.39 Å². The molecule has 104 valence electrons. The third-order valence-corrected chi connectivity index (χ3v) is 4.68. The summed E-state index contributed by atoms with van der Waals surface area (Å²) in [6.07, 6.45) is 2.53. The van der Waals surface area contributed by atoms with Gasteiger partial charge in [0.1, 0.15) is 11.2 Å². The highest BCUT2D eigenvalue weighted by molar-refractivity contribution is 5.84. The quantitative estimate of drug-likeness (QED) is 0.794. The molecule has 1 amide bonds. The number of hydrogen-bond donors (Lipinski definition) is 1. The Morgan fingerprint density at radius 2 is 1.61 bits per heavy atom. The number of halogens is 1. The topological polar surface area (TPSA) is 49.6 Å². The highest BCUT2D eigenvalue weighted by Crippen LogP contribution is 2.34. The van der Waals surface area contributed by atoms with Crippen LogP contribution in [0.3, 0.4) is 0 Å². The van der Waals surface area contributed by atoms with Crippen LogP contribution in [0.15, 0.2) is 0 Å². The van der Waals surface area contributed by atoms with Crippen LogP contribution in [0, 0.1) is 0 Å². The van der Waals surface area contributed by atoms with Crippen molar-refractivity contribution in [2.24, 2.45) is 5.73 Å². The maximum atomic E-state index is 13.8. The zero-order valence-electron chi connectivity index (χ0n) is 11.4. The molecule has 0 spiro atoms. The van der Waals surface area contributed by atoms with Crippen molar-refractivity contribution in [1.82, 2.24) is 9.80 Å². The molecule has 0 aromatic carbocycles. The molecule has 2 rings (SSSR count). The van der Waals surface area contributed by atoms with Gasteiger partial charge in [-0.2, -0.15) is 0 Å². The molecule has 5 heteroatoms. The summed E-state index contributed by atoms with van der Waals surface area (Å²) in [4.78, 5) is 16.3. The van der Waals surface area contributed by atoms with E-state index in [1.54, 1.807) is 6.92 Å². The van der Waals surface area contributed by atoms with Crippen LogP contribution >= 0.6 is 0 Å². The molecule has 2 saturated heterocycles. The van der Waals surface area contributed by atoms with E-state index in [1.165, 1.54) is 0 Å². The summed E-state index contributed by atoms with van der Waals surface area (Å²) in [5.41, 5.74) is 4.03. The van der Waals surface area contributed by atoms with E-state index in [2.05, 4.69) is 16.8 Å². The van der Waals surface area contributed by atoms with E-state index in [0.717, 1.165) is 25.9 Å². The second-order valence-electron chi connectivity index (χ2n) is 6.10. The van der Waals surface area contributed by atoms with Gasteiger partial charge in [-0.3, -0.25) is 9.69 Å². The Morgan fingerprint density at radius 1 is 1.11 bits per heavy atom. The number of primary amides is 1. The van der Waals surface area contributed by atoms with Crippen LogP contribution in [0.25, 0.3) is 0 Å². The first-order chi connectivity index (χ1) is 8.36. The van der Waals surface area contributed by atoms with Gasteiger partial charge in [0.05, 0.1) is 0 Å². The smallest absolute Gasteiger partial charge is 0.238 e. The van der Waals surface area contributed by atoms with Crippen LogP contribution in [0.5, 0.6) is 0 Å². The van der Waals surface area contributed by atoms with Crippen molar-refractivity contribution in [3.05, 3.63) is 0 Å². The first-order valence-electron chi connectivity index (χ1n) is 6.78. The maximum absolute atomic E-state index is 13.8. The summed E-state index contributed by atoms with van der Waals surface area (Å²) in [5.74, 6) is -0.238. The lowest BCUT2D eigenvalue weighted by atomic mass is 9.82. The molecule has 2 heterocycles. The normalized spacial score (nSPS) is 29.1. The van der Waals surface area contributed by atoms with Crippen molar-refractivity contribution in [2.75, 3.05) is 33.2 Å². The van der Waals surface area contributed by atoms with Gasteiger partial charge in [-0.15, -0.1) is 0 Å². The third kappa shape index (κ3) is 2.52. The second-order valence-corrected chi connectivity index (χ2v) is 6.10. The third-order valence-electron chi connectivity index (χ3n) is 4.68. The van der Waals surface area contributed by atoms with Crippen molar-refractivity contribution >= 4 is 5.91 Å². The molecule has 0 radical (unpaired) electrons. The zero-order valence-corrected chi connectivity index (χ0v) is 11.4. The molecular formula is C13H24FN3O. The van der Waals surface area contributed by atoms with Crippen LogP contribution in [-0.2, 0) is 4.79 Å². The molecule has 2 aliphatic heterocycles. The predicted molar refractivity (Wildman–Crippen MR) is 69.0 cm³/mol. The number of piperidine rings is 2. The Hall–Kier alpha value is -0.680. The lowest BCUT2D eigenvalue weighted by molar-refractivity contribution is -0.136. The fourth-order valence-electron chi connectivity index (χ4n) is 3.11. The number of amides is 1. The van der Waals surface area contributed by atoms with E-state index in [1.807, 2.05) is 0 Å². The van der Waals surface area contributed by atoms with Gasteiger partial charge < -0.3 is 10.6 Å². The Labute approximate surface area is 108 Å². The standard InChI is InChI=1S/C13H24FN3O/c1-12(14)3-9-17(10-4-12)13(11(15)18)5-7-16(2)8-6-13/h3-10H2,1-2H3,(H2,15,18). The number of nitrogens with two attached hydrogens (primary N) is 1. The molecule has 18 heavy (non-hydrogen) atoms. The van der Waals surface area contributed by atoms with Crippen LogP contribution < -0.4 is 5.73 Å². The Balaban J connectivity index is 2.09. The summed E-state index contributed by atoms with van der Waals surface area (Å²) < 4.78 is 13.8. The van der Waals surface area contributed by atoms with Crippen LogP contribution in [-0.4, -0.2) is 60.1 Å². The number of nitrogens with zero attached hydrogens (tertiary/aromatic N) is 2. The van der Waals surface area contributed by atoms with E-state index in [0.29, 0.717) is 25.9 Å². The molecule has 0 saturated carbocycles. The number of carbonyl (C=O) groups excluding carboxylic acids is 1. The Bertz CT molecular complexity index is 314. The first kappa shape index (κ1) is 13.7. The summed E-state index contributed by atoms with van der Waals surface area (Å²) in [5, 5.41) is 0. The molecule has 0 aliphatic carbocycles. The number of likely N-dealkylation sites (tertiary alicyclic amines) is 2. The van der Waals surface area contributed by atoms with Gasteiger partial charge in [-0.25, -0.2) is 4.39 Å².